The Kier molecular flexibility index (Phi) is 21.1. The summed E-state index contributed by atoms with van der Waals surface area (Å²) in [5.74, 6) is 0.400. The highest BCUT2D eigenvalue weighted by Gasteiger charge is 1.97. The number of aryl methyl sites for hydroxylation is 1. The SMILES string of the molecule is CCCCCCCCCCCCCCCCCCCCCCCCCc1cccc(O)c1. The highest BCUT2D eigenvalue weighted by molar-refractivity contribution is 5.27. The standard InChI is InChI=1S/C31H56O/c1-2-3-4-5-6-7-8-9-10-11-12-13-14-15-16-17-18-19-20-21-22-23-24-26-30-27-25-28-31(32)29-30/h25,27-29,32H,2-24,26H2,1H3. The zero-order valence-corrected chi connectivity index (χ0v) is 21.7. The van der Waals surface area contributed by atoms with E-state index in [1.165, 1.54) is 153 Å². The molecule has 32 heavy (non-hydrogen) atoms. The van der Waals surface area contributed by atoms with Gasteiger partial charge in [-0.05, 0) is 30.5 Å². The van der Waals surface area contributed by atoms with Crippen molar-refractivity contribution in [2.45, 2.75) is 161 Å². The number of hydrogen-bond acceptors (Lipinski definition) is 1. The van der Waals surface area contributed by atoms with Crippen LogP contribution in [-0.2, 0) is 6.42 Å². The molecule has 0 atom stereocenters. The summed E-state index contributed by atoms with van der Waals surface area (Å²) in [4.78, 5) is 0. The van der Waals surface area contributed by atoms with Gasteiger partial charge in [-0.25, -0.2) is 0 Å². The van der Waals surface area contributed by atoms with Crippen molar-refractivity contribution in [1.82, 2.24) is 0 Å². The topological polar surface area (TPSA) is 20.2 Å². The fourth-order valence-electron chi connectivity index (χ4n) is 4.83. The first-order valence-electron chi connectivity index (χ1n) is 14.6. The lowest BCUT2D eigenvalue weighted by Crippen LogP contribution is -1.86. The second-order valence-electron chi connectivity index (χ2n) is 10.2. The van der Waals surface area contributed by atoms with E-state index in [4.69, 9.17) is 0 Å². The Morgan fingerprint density at radius 3 is 1.16 bits per heavy atom. The van der Waals surface area contributed by atoms with Crippen LogP contribution in [0.4, 0.5) is 0 Å². The molecule has 0 aliphatic heterocycles. The van der Waals surface area contributed by atoms with Crippen LogP contribution in [0.3, 0.4) is 0 Å². The summed E-state index contributed by atoms with van der Waals surface area (Å²) in [5.41, 5.74) is 1.27. The molecule has 0 amide bonds. The lowest BCUT2D eigenvalue weighted by Gasteiger charge is -2.04. The highest BCUT2D eigenvalue weighted by Crippen LogP contribution is 2.17. The normalized spacial score (nSPS) is 11.3. The van der Waals surface area contributed by atoms with Gasteiger partial charge in [0, 0.05) is 0 Å². The van der Waals surface area contributed by atoms with Gasteiger partial charge < -0.3 is 5.11 Å². The summed E-state index contributed by atoms with van der Waals surface area (Å²) in [6.45, 7) is 2.30. The van der Waals surface area contributed by atoms with Crippen molar-refractivity contribution in [2.24, 2.45) is 0 Å². The minimum Gasteiger partial charge on any atom is -0.508 e. The van der Waals surface area contributed by atoms with Gasteiger partial charge in [0.15, 0.2) is 0 Å². The van der Waals surface area contributed by atoms with Gasteiger partial charge in [0.05, 0.1) is 0 Å². The molecule has 0 spiro atoms. The van der Waals surface area contributed by atoms with Gasteiger partial charge >= 0.3 is 0 Å². The number of phenols is 1. The van der Waals surface area contributed by atoms with Crippen LogP contribution >= 0.6 is 0 Å². The first-order chi connectivity index (χ1) is 15.8. The van der Waals surface area contributed by atoms with Crippen LogP contribution in [0.25, 0.3) is 0 Å². The third kappa shape index (κ3) is 19.7. The lowest BCUT2D eigenvalue weighted by molar-refractivity contribution is 0.474. The molecule has 0 fully saturated rings. The van der Waals surface area contributed by atoms with E-state index in [1.54, 1.807) is 6.07 Å². The van der Waals surface area contributed by atoms with E-state index in [0.29, 0.717) is 5.75 Å². The van der Waals surface area contributed by atoms with Crippen LogP contribution in [-0.4, -0.2) is 5.11 Å². The van der Waals surface area contributed by atoms with Gasteiger partial charge in [-0.15, -0.1) is 0 Å². The Hall–Kier alpha value is -0.980. The van der Waals surface area contributed by atoms with Crippen molar-refractivity contribution in [3.63, 3.8) is 0 Å². The predicted molar refractivity (Wildman–Crippen MR) is 144 cm³/mol. The fraction of sp³-hybridized carbons (Fsp3) is 0.806. The molecule has 0 radical (unpaired) electrons. The van der Waals surface area contributed by atoms with E-state index in [0.717, 1.165) is 6.42 Å². The maximum absolute atomic E-state index is 9.50. The summed E-state index contributed by atoms with van der Waals surface area (Å²) in [7, 11) is 0. The van der Waals surface area contributed by atoms with Crippen molar-refractivity contribution in [1.29, 1.82) is 0 Å². The molecule has 0 heterocycles. The Morgan fingerprint density at radius 2 is 0.812 bits per heavy atom. The van der Waals surface area contributed by atoms with Crippen LogP contribution in [0.1, 0.15) is 160 Å². The summed E-state index contributed by atoms with van der Waals surface area (Å²) >= 11 is 0. The number of aromatic hydroxyl groups is 1. The van der Waals surface area contributed by atoms with Crippen LogP contribution in [0.2, 0.25) is 0 Å². The minimum absolute atomic E-state index is 0.400. The molecule has 0 aromatic heterocycles. The molecule has 0 aliphatic rings. The van der Waals surface area contributed by atoms with Crippen LogP contribution in [0.5, 0.6) is 5.75 Å². The van der Waals surface area contributed by atoms with Gasteiger partial charge in [-0.3, -0.25) is 0 Å². The van der Waals surface area contributed by atoms with Gasteiger partial charge in [-0.2, -0.15) is 0 Å². The number of unbranched alkanes of at least 4 members (excludes halogenated alkanes) is 22. The third-order valence-electron chi connectivity index (χ3n) is 6.98. The Labute approximate surface area is 201 Å². The zero-order chi connectivity index (χ0) is 23.0. The predicted octanol–water partition coefficient (Wildman–Crippen LogP) is 10.9. The monoisotopic (exact) mass is 444 g/mol. The molecular formula is C31H56O. The molecule has 0 saturated carbocycles. The largest absolute Gasteiger partial charge is 0.508 e. The van der Waals surface area contributed by atoms with Crippen molar-refractivity contribution in [3.05, 3.63) is 29.8 Å². The first-order valence-corrected chi connectivity index (χ1v) is 14.6. The van der Waals surface area contributed by atoms with E-state index in [9.17, 15) is 5.11 Å². The van der Waals surface area contributed by atoms with Gasteiger partial charge in [0.2, 0.25) is 0 Å². The summed E-state index contributed by atoms with van der Waals surface area (Å²) < 4.78 is 0. The van der Waals surface area contributed by atoms with Crippen molar-refractivity contribution in [3.8, 4) is 5.75 Å². The summed E-state index contributed by atoms with van der Waals surface area (Å²) in [6.07, 6.45) is 34.1. The van der Waals surface area contributed by atoms with E-state index in [1.807, 2.05) is 12.1 Å². The molecule has 0 unspecified atom stereocenters. The molecular weight excluding hydrogens is 388 g/mol. The zero-order valence-electron chi connectivity index (χ0n) is 21.7. The van der Waals surface area contributed by atoms with E-state index >= 15 is 0 Å². The quantitative estimate of drug-likeness (QED) is 0.157. The van der Waals surface area contributed by atoms with E-state index in [2.05, 4.69) is 13.0 Å². The average molecular weight is 445 g/mol. The minimum atomic E-state index is 0.400. The molecule has 1 N–H and O–H groups in total. The van der Waals surface area contributed by atoms with Crippen LogP contribution in [0, 0.1) is 0 Å². The highest BCUT2D eigenvalue weighted by atomic mass is 16.3. The Morgan fingerprint density at radius 1 is 0.469 bits per heavy atom. The Bertz CT molecular complexity index is 495. The number of hydrogen-bond donors (Lipinski definition) is 1. The van der Waals surface area contributed by atoms with Crippen molar-refractivity contribution in [2.75, 3.05) is 0 Å². The maximum Gasteiger partial charge on any atom is 0.115 e. The Balaban J connectivity index is 1.67. The lowest BCUT2D eigenvalue weighted by atomic mass is 10.0. The van der Waals surface area contributed by atoms with Crippen LogP contribution in [0.15, 0.2) is 24.3 Å². The van der Waals surface area contributed by atoms with Crippen LogP contribution < -0.4 is 0 Å². The number of phenolic OH excluding ortho intramolecular Hbond substituents is 1. The third-order valence-corrected chi connectivity index (χ3v) is 6.98. The second kappa shape index (κ2) is 23.2. The molecule has 0 bridgehead atoms. The summed E-state index contributed by atoms with van der Waals surface area (Å²) in [6, 6.07) is 7.72. The van der Waals surface area contributed by atoms with Gasteiger partial charge in [0.25, 0.3) is 0 Å². The molecule has 186 valence electrons. The van der Waals surface area contributed by atoms with E-state index < -0.39 is 0 Å². The van der Waals surface area contributed by atoms with Crippen molar-refractivity contribution < 1.29 is 5.11 Å². The molecule has 1 nitrogen and oxygen atoms in total. The fourth-order valence-corrected chi connectivity index (χ4v) is 4.83. The maximum atomic E-state index is 9.50. The van der Waals surface area contributed by atoms with Crippen molar-refractivity contribution >= 4 is 0 Å². The van der Waals surface area contributed by atoms with E-state index in [-0.39, 0.29) is 0 Å². The van der Waals surface area contributed by atoms with Gasteiger partial charge in [0.1, 0.15) is 5.75 Å². The molecule has 1 aromatic rings. The molecule has 0 saturated heterocycles. The molecule has 0 aliphatic carbocycles. The number of benzene rings is 1. The first kappa shape index (κ1) is 29.1. The molecule has 1 aromatic carbocycles. The smallest absolute Gasteiger partial charge is 0.115 e. The second-order valence-corrected chi connectivity index (χ2v) is 10.2. The van der Waals surface area contributed by atoms with Gasteiger partial charge in [-0.1, -0.05) is 160 Å². The molecule has 1 heteroatoms. The number of rotatable bonds is 24. The average Bonchev–Trinajstić information content (AvgIpc) is 2.79. The molecule has 1 rings (SSSR count). The summed E-state index contributed by atoms with van der Waals surface area (Å²) in [5, 5.41) is 9.50.